The molecule has 114 valence electrons. The zero-order chi connectivity index (χ0) is 15.7. The molecule has 2 aromatic carbocycles. The van der Waals surface area contributed by atoms with Gasteiger partial charge in [-0.3, -0.25) is 4.79 Å². The smallest absolute Gasteiger partial charge is 0.252 e. The maximum absolute atomic E-state index is 12.2. The molecule has 1 aliphatic rings. The normalized spacial score (nSPS) is 26.2. The van der Waals surface area contributed by atoms with E-state index >= 15 is 0 Å². The molecule has 1 saturated heterocycles. The first-order chi connectivity index (χ1) is 10.6. The molecule has 0 aromatic heterocycles. The Balaban J connectivity index is 2.01. The third-order valence-electron chi connectivity index (χ3n) is 4.41. The van der Waals surface area contributed by atoms with Crippen molar-refractivity contribution in [2.24, 2.45) is 0 Å². The summed E-state index contributed by atoms with van der Waals surface area (Å²) < 4.78 is 0. The predicted molar refractivity (Wildman–Crippen MR) is 83.1 cm³/mol. The first kappa shape index (κ1) is 14.8. The molecule has 0 saturated carbocycles. The van der Waals surface area contributed by atoms with E-state index in [0.717, 1.165) is 11.1 Å². The van der Waals surface area contributed by atoms with Gasteiger partial charge < -0.3 is 15.1 Å². The highest BCUT2D eigenvalue weighted by Crippen LogP contribution is 2.40. The molecule has 1 fully saturated rings. The van der Waals surface area contributed by atoms with Crippen molar-refractivity contribution in [1.29, 1.82) is 0 Å². The molecule has 0 spiro atoms. The van der Waals surface area contributed by atoms with Crippen molar-refractivity contribution in [3.63, 3.8) is 0 Å². The van der Waals surface area contributed by atoms with Crippen LogP contribution in [0.15, 0.2) is 60.7 Å². The predicted octanol–water partition coefficient (Wildman–Crippen LogP) is 1.71. The largest absolute Gasteiger partial charge is 0.386 e. The second kappa shape index (κ2) is 5.91. The summed E-state index contributed by atoms with van der Waals surface area (Å²) in [5.74, 6) is -0.803. The van der Waals surface area contributed by atoms with Crippen molar-refractivity contribution in [2.45, 2.75) is 24.2 Å². The van der Waals surface area contributed by atoms with Crippen LogP contribution in [0, 0.1) is 0 Å². The summed E-state index contributed by atoms with van der Waals surface area (Å²) in [7, 11) is 1.63. The molecule has 1 heterocycles. The number of nitrogens with zero attached hydrogens (tertiary/aromatic N) is 1. The lowest BCUT2D eigenvalue weighted by molar-refractivity contribution is -0.135. The second-order valence-corrected chi connectivity index (χ2v) is 5.68. The van der Waals surface area contributed by atoms with Crippen molar-refractivity contribution in [3.05, 3.63) is 71.8 Å². The summed E-state index contributed by atoms with van der Waals surface area (Å²) in [5, 5.41) is 21.1. The number of likely N-dealkylation sites (N-methyl/N-ethyl adjacent to an activating group) is 1. The number of hydrogen-bond donors (Lipinski definition) is 2. The van der Waals surface area contributed by atoms with Gasteiger partial charge in [-0.15, -0.1) is 0 Å². The maximum Gasteiger partial charge on any atom is 0.252 e. The summed E-state index contributed by atoms with van der Waals surface area (Å²) >= 11 is 0. The molecule has 1 amide bonds. The minimum absolute atomic E-state index is 0.353. The number of carbonyl (C=O) groups excluding carboxylic acids is 1. The Kier molecular flexibility index (Phi) is 3.96. The Hall–Kier alpha value is -2.17. The average molecular weight is 297 g/mol. The number of benzene rings is 2. The van der Waals surface area contributed by atoms with Gasteiger partial charge in [0.05, 0.1) is 6.04 Å². The molecule has 4 atom stereocenters. The fourth-order valence-corrected chi connectivity index (χ4v) is 3.25. The first-order valence-electron chi connectivity index (χ1n) is 7.34. The van der Waals surface area contributed by atoms with Crippen LogP contribution in [0.3, 0.4) is 0 Å². The standard InChI is InChI=1S/C18H19NO3/c1-19-15(16(20)13-10-6-3-7-11-13)14(17(21)18(19)22)12-8-4-2-5-9-12/h2-11,14-17,20-21H,1H3/t14-,15?,16+,17+/m1/s1. The minimum atomic E-state index is -1.13. The number of carbonyl (C=O) groups is 1. The molecule has 0 bridgehead atoms. The Bertz CT molecular complexity index is 644. The van der Waals surface area contributed by atoms with Crippen LogP contribution in [0.25, 0.3) is 0 Å². The Morgan fingerprint density at radius 2 is 1.55 bits per heavy atom. The van der Waals surface area contributed by atoms with Gasteiger partial charge in [-0.05, 0) is 11.1 Å². The average Bonchev–Trinajstić information content (AvgIpc) is 2.80. The summed E-state index contributed by atoms with van der Waals surface area (Å²) in [6.45, 7) is 0. The number of aliphatic hydroxyl groups excluding tert-OH is 2. The van der Waals surface area contributed by atoms with Crippen LogP contribution < -0.4 is 0 Å². The van der Waals surface area contributed by atoms with Crippen LogP contribution in [0.1, 0.15) is 23.1 Å². The third-order valence-corrected chi connectivity index (χ3v) is 4.41. The summed E-state index contributed by atoms with van der Waals surface area (Å²) in [5.41, 5.74) is 1.59. The van der Waals surface area contributed by atoms with Gasteiger partial charge in [0.2, 0.25) is 0 Å². The number of likely N-dealkylation sites (tertiary alicyclic amines) is 1. The van der Waals surface area contributed by atoms with E-state index in [1.54, 1.807) is 7.05 Å². The molecular weight excluding hydrogens is 278 g/mol. The summed E-state index contributed by atoms with van der Waals surface area (Å²) in [4.78, 5) is 13.7. The van der Waals surface area contributed by atoms with Crippen LogP contribution in [-0.4, -0.2) is 40.2 Å². The molecule has 4 heteroatoms. The molecule has 0 radical (unpaired) electrons. The van der Waals surface area contributed by atoms with Crippen molar-refractivity contribution >= 4 is 5.91 Å². The molecule has 2 aromatic rings. The zero-order valence-electron chi connectivity index (χ0n) is 12.3. The number of amides is 1. The molecule has 1 aliphatic heterocycles. The topological polar surface area (TPSA) is 60.8 Å². The maximum atomic E-state index is 12.2. The molecule has 4 nitrogen and oxygen atoms in total. The Morgan fingerprint density at radius 1 is 1.00 bits per heavy atom. The lowest BCUT2D eigenvalue weighted by Gasteiger charge is -2.30. The van der Waals surface area contributed by atoms with E-state index in [9.17, 15) is 15.0 Å². The first-order valence-corrected chi connectivity index (χ1v) is 7.34. The van der Waals surface area contributed by atoms with E-state index < -0.39 is 24.2 Å². The molecule has 0 aliphatic carbocycles. The van der Waals surface area contributed by atoms with Gasteiger partial charge in [-0.25, -0.2) is 0 Å². The fraction of sp³-hybridized carbons (Fsp3) is 0.278. The zero-order valence-corrected chi connectivity index (χ0v) is 12.3. The van der Waals surface area contributed by atoms with Crippen LogP contribution in [0.2, 0.25) is 0 Å². The SMILES string of the molecule is CN1C(=O)[C@@H](O)[C@H](c2ccccc2)C1[C@@H](O)c1ccccc1. The van der Waals surface area contributed by atoms with Crippen molar-refractivity contribution in [3.8, 4) is 0 Å². The lowest BCUT2D eigenvalue weighted by atomic mass is 9.85. The van der Waals surface area contributed by atoms with Gasteiger partial charge in [0.1, 0.15) is 12.2 Å². The lowest BCUT2D eigenvalue weighted by Crippen LogP contribution is -2.36. The van der Waals surface area contributed by atoms with E-state index in [2.05, 4.69) is 0 Å². The monoisotopic (exact) mass is 297 g/mol. The molecule has 1 unspecified atom stereocenters. The second-order valence-electron chi connectivity index (χ2n) is 5.68. The van der Waals surface area contributed by atoms with Crippen LogP contribution in [0.4, 0.5) is 0 Å². The quantitative estimate of drug-likeness (QED) is 0.906. The fourth-order valence-electron chi connectivity index (χ4n) is 3.25. The molecule has 22 heavy (non-hydrogen) atoms. The van der Waals surface area contributed by atoms with Crippen molar-refractivity contribution in [2.75, 3.05) is 7.05 Å². The van der Waals surface area contributed by atoms with E-state index in [1.165, 1.54) is 4.90 Å². The van der Waals surface area contributed by atoms with E-state index in [1.807, 2.05) is 60.7 Å². The summed E-state index contributed by atoms with van der Waals surface area (Å²) in [6.07, 6.45) is -1.98. The van der Waals surface area contributed by atoms with Gasteiger partial charge in [0.15, 0.2) is 0 Å². The highest BCUT2D eigenvalue weighted by atomic mass is 16.3. The van der Waals surface area contributed by atoms with Gasteiger partial charge >= 0.3 is 0 Å². The van der Waals surface area contributed by atoms with Crippen LogP contribution >= 0.6 is 0 Å². The van der Waals surface area contributed by atoms with Gasteiger partial charge in [0, 0.05) is 13.0 Å². The highest BCUT2D eigenvalue weighted by molar-refractivity contribution is 5.85. The molecule has 3 rings (SSSR count). The van der Waals surface area contributed by atoms with Gasteiger partial charge in [0.25, 0.3) is 5.91 Å². The Morgan fingerprint density at radius 3 is 2.14 bits per heavy atom. The summed E-state index contributed by atoms with van der Waals surface area (Å²) in [6, 6.07) is 18.1. The minimum Gasteiger partial charge on any atom is -0.386 e. The van der Waals surface area contributed by atoms with Gasteiger partial charge in [-0.2, -0.15) is 0 Å². The van der Waals surface area contributed by atoms with E-state index in [4.69, 9.17) is 0 Å². The van der Waals surface area contributed by atoms with Crippen molar-refractivity contribution < 1.29 is 15.0 Å². The van der Waals surface area contributed by atoms with Crippen molar-refractivity contribution in [1.82, 2.24) is 4.90 Å². The number of hydrogen-bond acceptors (Lipinski definition) is 3. The number of aliphatic hydroxyl groups is 2. The molecule has 2 N–H and O–H groups in total. The van der Waals surface area contributed by atoms with E-state index in [0.29, 0.717) is 0 Å². The molecular formula is C18H19NO3. The van der Waals surface area contributed by atoms with E-state index in [-0.39, 0.29) is 5.91 Å². The third kappa shape index (κ3) is 2.40. The van der Waals surface area contributed by atoms with Gasteiger partial charge in [-0.1, -0.05) is 60.7 Å². The Labute approximate surface area is 129 Å². The highest BCUT2D eigenvalue weighted by Gasteiger charge is 2.49. The van der Waals surface area contributed by atoms with Crippen LogP contribution in [-0.2, 0) is 4.79 Å². The number of rotatable bonds is 3. The van der Waals surface area contributed by atoms with Crippen LogP contribution in [0.5, 0.6) is 0 Å².